The van der Waals surface area contributed by atoms with Gasteiger partial charge in [-0.15, -0.1) is 0 Å². The molecule has 0 aliphatic carbocycles. The van der Waals surface area contributed by atoms with E-state index in [9.17, 15) is 9.59 Å². The summed E-state index contributed by atoms with van der Waals surface area (Å²) in [5.41, 5.74) is 6.54. The van der Waals surface area contributed by atoms with E-state index in [-0.39, 0.29) is 22.5 Å². The van der Waals surface area contributed by atoms with Crippen LogP contribution in [0.15, 0.2) is 24.3 Å². The van der Waals surface area contributed by atoms with Gasteiger partial charge in [-0.1, -0.05) is 40.5 Å². The lowest BCUT2D eigenvalue weighted by Crippen LogP contribution is -2.57. The molecule has 15 heteroatoms. The second-order valence-electron chi connectivity index (χ2n) is 14.7. The van der Waals surface area contributed by atoms with Crippen LogP contribution < -0.4 is 39.5 Å². The zero-order chi connectivity index (χ0) is 43.8. The molecule has 0 aromatic heterocycles. The van der Waals surface area contributed by atoms with Gasteiger partial charge >= 0.3 is 5.97 Å². The normalized spacial score (nSPS) is 15.5. The van der Waals surface area contributed by atoms with Crippen LogP contribution in [0.3, 0.4) is 0 Å². The van der Waals surface area contributed by atoms with E-state index in [1.54, 1.807) is 26.4 Å². The minimum atomic E-state index is -1.04. The van der Waals surface area contributed by atoms with Crippen LogP contribution in [0.5, 0.6) is 34.5 Å². The Balaban J connectivity index is 0.000000339. The number of carboxylic acid groups (broad SMARTS) is 1. The number of carboxylic acids is 1. The highest BCUT2D eigenvalue weighted by atomic mass is 16.5. The highest BCUT2D eigenvalue weighted by Gasteiger charge is 2.37. The summed E-state index contributed by atoms with van der Waals surface area (Å²) in [5, 5.41) is 12.1. The fraction of sp³-hybridized carbons (Fsp3) is 0.682. The zero-order valence-corrected chi connectivity index (χ0v) is 37.5. The summed E-state index contributed by atoms with van der Waals surface area (Å²) in [6.45, 7) is 16.0. The van der Waals surface area contributed by atoms with E-state index in [0.29, 0.717) is 73.0 Å². The van der Waals surface area contributed by atoms with E-state index >= 15 is 0 Å². The number of rotatable bonds is 21. The van der Waals surface area contributed by atoms with Crippen molar-refractivity contribution >= 4 is 11.9 Å². The van der Waals surface area contributed by atoms with Gasteiger partial charge in [0.25, 0.3) is 5.91 Å². The average Bonchev–Trinajstić information content (AvgIpc) is 3.28. The zero-order valence-electron chi connectivity index (χ0n) is 37.5. The third-order valence-corrected chi connectivity index (χ3v) is 11.3. The first-order valence-corrected chi connectivity index (χ1v) is 21.0. The standard InChI is InChI=1S/C22H36N2O5.C13H18O5.C9H20N2O/c1-6-8-11-29-20-18(26-4)14-17(15-19(20)27-5)21(25)23-16-22(24(3)7-2)9-12-28-13-10-22;1-4-5-6-18-12-10(16-2)7-9(13(14)15)8-11(12)17-3;1-3-11(2)9(8-10)4-6-12-7-5-9/h14-15H,6-13,16H2,1-5H3,(H,23,25);7-8H,4-6H2,1-3H3,(H,14,15);3-8,10H2,1-2H3. The molecule has 59 heavy (non-hydrogen) atoms. The number of nitrogens with two attached hydrogens (primary N) is 1. The van der Waals surface area contributed by atoms with E-state index in [0.717, 1.165) is 84.2 Å². The van der Waals surface area contributed by atoms with E-state index in [1.807, 2.05) is 0 Å². The Bertz CT molecular complexity index is 1480. The molecule has 1 amide bonds. The number of nitrogens with zero attached hydrogens (tertiary/aromatic N) is 2. The molecule has 15 nitrogen and oxygen atoms in total. The Morgan fingerprint density at radius 1 is 0.678 bits per heavy atom. The van der Waals surface area contributed by atoms with Crippen LogP contribution in [0.25, 0.3) is 0 Å². The average molecular weight is 835 g/mol. The number of unbranched alkanes of at least 4 members (excludes halogenated alkanes) is 2. The van der Waals surface area contributed by atoms with Crippen molar-refractivity contribution in [1.29, 1.82) is 0 Å². The van der Waals surface area contributed by atoms with Crippen LogP contribution in [-0.4, -0.2) is 146 Å². The number of hydrogen-bond donors (Lipinski definition) is 3. The Morgan fingerprint density at radius 2 is 1.05 bits per heavy atom. The van der Waals surface area contributed by atoms with Crippen LogP contribution in [0.2, 0.25) is 0 Å². The molecule has 0 spiro atoms. The van der Waals surface area contributed by atoms with E-state index < -0.39 is 5.97 Å². The highest BCUT2D eigenvalue weighted by molar-refractivity contribution is 5.95. The predicted octanol–water partition coefficient (Wildman–Crippen LogP) is 6.14. The number of hydrogen-bond acceptors (Lipinski definition) is 13. The molecule has 2 fully saturated rings. The molecule has 2 aromatic rings. The SMILES string of the molecule is CCCCOc1c(OC)cc(C(=O)NCC2(N(C)CC)CCOCC2)cc1OC.CCCCOc1c(OC)cc(C(=O)O)cc1OC.CCN(C)C1(CN)CCOCC1. The molecule has 4 rings (SSSR count). The molecule has 0 bridgehead atoms. The number of carbonyl (C=O) groups is 2. The maximum Gasteiger partial charge on any atom is 0.335 e. The van der Waals surface area contributed by atoms with Crippen molar-refractivity contribution < 1.29 is 52.6 Å². The molecule has 0 saturated carbocycles. The van der Waals surface area contributed by atoms with Gasteiger partial charge in [0.05, 0.1) is 47.2 Å². The first-order valence-electron chi connectivity index (χ1n) is 21.0. The lowest BCUT2D eigenvalue weighted by atomic mass is 9.88. The van der Waals surface area contributed by atoms with E-state index in [4.69, 9.17) is 48.7 Å². The summed E-state index contributed by atoms with van der Waals surface area (Å²) >= 11 is 0. The Hall–Kier alpha value is -4.02. The van der Waals surface area contributed by atoms with Gasteiger partial charge < -0.3 is 54.1 Å². The summed E-state index contributed by atoms with van der Waals surface area (Å²) in [4.78, 5) is 28.6. The van der Waals surface area contributed by atoms with Gasteiger partial charge in [-0.05, 0) is 90.0 Å². The summed E-state index contributed by atoms with van der Waals surface area (Å²) in [5.74, 6) is 1.51. The highest BCUT2D eigenvalue weighted by Crippen LogP contribution is 2.40. The van der Waals surface area contributed by atoms with E-state index in [1.165, 1.54) is 26.4 Å². The third kappa shape index (κ3) is 14.9. The molecule has 2 heterocycles. The van der Waals surface area contributed by atoms with Crippen molar-refractivity contribution in [2.24, 2.45) is 5.73 Å². The summed E-state index contributed by atoms with van der Waals surface area (Å²) in [7, 11) is 10.3. The second-order valence-corrected chi connectivity index (χ2v) is 14.7. The second kappa shape index (κ2) is 27.0. The molecular formula is C44H74N4O11. The maximum atomic E-state index is 12.9. The molecule has 336 valence electrons. The number of ether oxygens (including phenoxy) is 8. The molecule has 0 unspecified atom stereocenters. The van der Waals surface area contributed by atoms with Gasteiger partial charge in [0.1, 0.15) is 0 Å². The van der Waals surface area contributed by atoms with Gasteiger partial charge in [-0.25, -0.2) is 4.79 Å². The predicted molar refractivity (Wildman–Crippen MR) is 230 cm³/mol. The number of amides is 1. The first-order chi connectivity index (χ1) is 28.4. The minimum absolute atomic E-state index is 0.0833. The van der Waals surface area contributed by atoms with Gasteiger partial charge in [-0.2, -0.15) is 0 Å². The lowest BCUT2D eigenvalue weighted by molar-refractivity contribution is -0.0146. The quantitative estimate of drug-likeness (QED) is 0.123. The fourth-order valence-electron chi connectivity index (χ4n) is 6.89. The van der Waals surface area contributed by atoms with Crippen molar-refractivity contribution in [2.75, 3.05) is 108 Å². The molecule has 4 N–H and O–H groups in total. The number of aromatic carboxylic acids is 1. The van der Waals surface area contributed by atoms with Crippen molar-refractivity contribution in [3.05, 3.63) is 35.4 Å². The van der Waals surface area contributed by atoms with Gasteiger partial charge in [0.2, 0.25) is 11.5 Å². The monoisotopic (exact) mass is 835 g/mol. The minimum Gasteiger partial charge on any atom is -0.493 e. The summed E-state index contributed by atoms with van der Waals surface area (Å²) in [6.07, 6.45) is 7.84. The molecule has 0 atom stereocenters. The first kappa shape index (κ1) is 51.1. The number of nitrogens with one attached hydrogen (secondary N) is 1. The van der Waals surface area contributed by atoms with Crippen LogP contribution in [-0.2, 0) is 9.47 Å². The lowest BCUT2D eigenvalue weighted by Gasteiger charge is -2.44. The van der Waals surface area contributed by atoms with Crippen molar-refractivity contribution in [2.45, 2.75) is 90.1 Å². The number of likely N-dealkylation sites (N-methyl/N-ethyl adjacent to an activating group) is 2. The number of methoxy groups -OCH3 is 4. The third-order valence-electron chi connectivity index (χ3n) is 11.3. The van der Waals surface area contributed by atoms with Gasteiger partial charge in [-0.3, -0.25) is 14.6 Å². The van der Waals surface area contributed by atoms with Gasteiger partial charge in [0.15, 0.2) is 23.0 Å². The van der Waals surface area contributed by atoms with E-state index in [2.05, 4.69) is 56.9 Å². The van der Waals surface area contributed by atoms with Crippen molar-refractivity contribution in [1.82, 2.24) is 15.1 Å². The maximum absolute atomic E-state index is 12.9. The van der Waals surface area contributed by atoms with Crippen molar-refractivity contribution in [3.8, 4) is 34.5 Å². The Morgan fingerprint density at radius 3 is 1.39 bits per heavy atom. The Kier molecular flexibility index (Phi) is 23.4. The van der Waals surface area contributed by atoms with Crippen LogP contribution in [0, 0.1) is 0 Å². The summed E-state index contributed by atoms with van der Waals surface area (Å²) in [6, 6.07) is 6.26. The number of carbonyl (C=O) groups excluding carboxylic acids is 1. The van der Waals surface area contributed by atoms with Gasteiger partial charge in [0, 0.05) is 56.2 Å². The fourth-order valence-corrected chi connectivity index (χ4v) is 6.89. The van der Waals surface area contributed by atoms with Crippen LogP contribution in [0.4, 0.5) is 0 Å². The molecule has 2 aromatic carbocycles. The number of benzene rings is 2. The smallest absolute Gasteiger partial charge is 0.335 e. The molecular weight excluding hydrogens is 761 g/mol. The molecule has 2 aliphatic rings. The summed E-state index contributed by atoms with van der Waals surface area (Å²) < 4.78 is 43.5. The topological polar surface area (TPSA) is 173 Å². The molecule has 2 saturated heterocycles. The Labute approximate surface area is 353 Å². The largest absolute Gasteiger partial charge is 0.493 e. The molecule has 2 aliphatic heterocycles. The van der Waals surface area contributed by atoms with Crippen molar-refractivity contribution in [3.63, 3.8) is 0 Å². The van der Waals surface area contributed by atoms with Crippen LogP contribution in [0.1, 0.15) is 99.8 Å². The molecule has 0 radical (unpaired) electrons. The van der Waals surface area contributed by atoms with Crippen LogP contribution >= 0.6 is 0 Å².